The number of hydrogen-bond acceptors (Lipinski definition) is 2. The molecule has 4 heteroatoms. The summed E-state index contributed by atoms with van der Waals surface area (Å²) in [6.45, 7) is 10.9. The van der Waals surface area contributed by atoms with Crippen molar-refractivity contribution in [3.63, 3.8) is 0 Å². The summed E-state index contributed by atoms with van der Waals surface area (Å²) in [4.78, 5) is 0. The number of hydrogen-bond donors (Lipinski definition) is 0. The third-order valence-electron chi connectivity index (χ3n) is 4.80. The fourth-order valence-corrected chi connectivity index (χ4v) is 3.81. The molecule has 0 aliphatic rings. The number of halogens is 1. The lowest BCUT2D eigenvalue weighted by atomic mass is 9.88. The van der Waals surface area contributed by atoms with Gasteiger partial charge in [0, 0.05) is 16.1 Å². The van der Waals surface area contributed by atoms with Crippen LogP contribution in [0.3, 0.4) is 0 Å². The average molecular weight is 358 g/mol. The molecule has 0 fully saturated rings. The van der Waals surface area contributed by atoms with E-state index in [1.165, 1.54) is 0 Å². The van der Waals surface area contributed by atoms with Crippen LogP contribution in [0.25, 0.3) is 0 Å². The monoisotopic (exact) mass is 357 g/mol. The third-order valence-corrected chi connectivity index (χ3v) is 9.48. The van der Waals surface area contributed by atoms with Crippen LogP contribution in [0.4, 0.5) is 0 Å². The molecule has 0 heterocycles. The lowest BCUT2D eigenvalue weighted by molar-refractivity contribution is 0.151. The Hall–Kier alpha value is -1.60. The van der Waals surface area contributed by atoms with Crippen molar-refractivity contribution in [3.05, 3.63) is 70.7 Å². The second kappa shape index (κ2) is 6.72. The molecule has 0 radical (unpaired) electrons. The first kappa shape index (κ1) is 18.7. The predicted molar refractivity (Wildman–Crippen MR) is 103 cm³/mol. The highest BCUT2D eigenvalue weighted by molar-refractivity contribution is 6.74. The fourth-order valence-electron chi connectivity index (χ4n) is 2.33. The van der Waals surface area contributed by atoms with Gasteiger partial charge in [0.25, 0.3) is 0 Å². The minimum Gasteiger partial charge on any atom is -0.392 e. The minimum absolute atomic E-state index is 0.00366. The first-order chi connectivity index (χ1) is 11.1. The Bertz CT molecular complexity index is 729. The molecule has 0 aromatic heterocycles. The van der Waals surface area contributed by atoms with Gasteiger partial charge in [0.2, 0.25) is 0 Å². The Morgan fingerprint density at radius 1 is 0.917 bits per heavy atom. The highest BCUT2D eigenvalue weighted by Gasteiger charge is 2.47. The quantitative estimate of drug-likeness (QED) is 0.616. The van der Waals surface area contributed by atoms with Crippen molar-refractivity contribution in [2.75, 3.05) is 0 Å². The van der Waals surface area contributed by atoms with E-state index >= 15 is 0 Å². The first-order valence-corrected chi connectivity index (χ1v) is 11.3. The molecule has 0 saturated heterocycles. The van der Waals surface area contributed by atoms with Crippen LogP contribution in [-0.4, -0.2) is 8.32 Å². The van der Waals surface area contributed by atoms with Crippen LogP contribution in [0.15, 0.2) is 54.6 Å². The van der Waals surface area contributed by atoms with Gasteiger partial charge in [0.1, 0.15) is 6.07 Å². The highest BCUT2D eigenvalue weighted by Crippen LogP contribution is 2.44. The fraction of sp³-hybridized carbons (Fsp3) is 0.350. The largest absolute Gasteiger partial charge is 0.392 e. The van der Waals surface area contributed by atoms with Crippen LogP contribution in [0.1, 0.15) is 31.9 Å². The zero-order valence-electron chi connectivity index (χ0n) is 14.9. The molecule has 24 heavy (non-hydrogen) atoms. The second-order valence-corrected chi connectivity index (χ2v) is 12.7. The van der Waals surface area contributed by atoms with Gasteiger partial charge in [-0.25, -0.2) is 0 Å². The maximum absolute atomic E-state index is 10.2. The van der Waals surface area contributed by atoms with E-state index in [1.54, 1.807) is 12.1 Å². The summed E-state index contributed by atoms with van der Waals surface area (Å²) in [6, 6.07) is 19.6. The molecule has 2 nitrogen and oxygen atoms in total. The first-order valence-electron chi connectivity index (χ1n) is 8.05. The predicted octanol–water partition coefficient (Wildman–Crippen LogP) is 6.13. The lowest BCUT2D eigenvalue weighted by Crippen LogP contribution is -2.48. The smallest absolute Gasteiger partial charge is 0.196 e. The molecule has 0 amide bonds. The van der Waals surface area contributed by atoms with Crippen molar-refractivity contribution in [1.82, 2.24) is 0 Å². The Kier molecular flexibility index (Phi) is 5.24. The van der Waals surface area contributed by atoms with Gasteiger partial charge < -0.3 is 4.43 Å². The molecular formula is C20H24ClNOSi. The van der Waals surface area contributed by atoms with Crippen LogP contribution in [0.5, 0.6) is 0 Å². The Balaban J connectivity index is 2.66. The van der Waals surface area contributed by atoms with E-state index in [2.05, 4.69) is 39.9 Å². The lowest BCUT2D eigenvalue weighted by Gasteiger charge is -2.43. The summed E-state index contributed by atoms with van der Waals surface area (Å²) in [5, 5.41) is 10.8. The van der Waals surface area contributed by atoms with Gasteiger partial charge >= 0.3 is 0 Å². The minimum atomic E-state index is -2.20. The van der Waals surface area contributed by atoms with Gasteiger partial charge in [0.05, 0.1) is 0 Å². The van der Waals surface area contributed by atoms with Gasteiger partial charge in [-0.05, 0) is 30.3 Å². The molecule has 126 valence electrons. The van der Waals surface area contributed by atoms with Gasteiger partial charge in [-0.15, -0.1) is 0 Å². The zero-order chi connectivity index (χ0) is 18.0. The van der Waals surface area contributed by atoms with E-state index in [-0.39, 0.29) is 5.04 Å². The molecule has 0 bridgehead atoms. The van der Waals surface area contributed by atoms with Crippen LogP contribution >= 0.6 is 11.6 Å². The molecule has 2 aromatic rings. The summed E-state index contributed by atoms with van der Waals surface area (Å²) in [5.41, 5.74) is 0.527. The van der Waals surface area contributed by atoms with Crippen molar-refractivity contribution in [1.29, 1.82) is 5.26 Å². The maximum atomic E-state index is 10.2. The van der Waals surface area contributed by atoms with Crippen molar-refractivity contribution < 1.29 is 4.43 Å². The van der Waals surface area contributed by atoms with E-state index in [4.69, 9.17) is 16.0 Å². The molecular weight excluding hydrogens is 334 g/mol. The SMILES string of the molecule is CC(C)(C)[Si](C)(C)OC(C#N)(c1ccccc1)c1ccc(Cl)cc1. The van der Waals surface area contributed by atoms with Crippen LogP contribution in [0, 0.1) is 11.3 Å². The Morgan fingerprint density at radius 3 is 1.88 bits per heavy atom. The van der Waals surface area contributed by atoms with Gasteiger partial charge in [-0.2, -0.15) is 5.26 Å². The number of nitriles is 1. The van der Waals surface area contributed by atoms with Crippen LogP contribution < -0.4 is 0 Å². The average Bonchev–Trinajstić information content (AvgIpc) is 2.53. The normalized spacial score (nSPS) is 14.7. The number of rotatable bonds is 4. The standard InChI is InChI=1S/C20H24ClNOSi/c1-19(2,3)24(4,5)23-20(15-22,16-9-7-6-8-10-16)17-11-13-18(21)14-12-17/h6-14H,1-5H3. The van der Waals surface area contributed by atoms with E-state index in [0.717, 1.165) is 11.1 Å². The molecule has 0 aliphatic carbocycles. The van der Waals surface area contributed by atoms with Crippen molar-refractivity contribution in [2.24, 2.45) is 0 Å². The van der Waals surface area contributed by atoms with Gasteiger partial charge in [-0.1, -0.05) is 74.8 Å². The molecule has 0 N–H and O–H groups in total. The molecule has 0 saturated carbocycles. The molecule has 2 aromatic carbocycles. The van der Waals surface area contributed by atoms with Crippen molar-refractivity contribution in [3.8, 4) is 6.07 Å². The summed E-state index contributed by atoms with van der Waals surface area (Å²) >= 11 is 6.04. The zero-order valence-corrected chi connectivity index (χ0v) is 16.7. The highest BCUT2D eigenvalue weighted by atomic mass is 35.5. The molecule has 0 aliphatic heterocycles. The van der Waals surface area contributed by atoms with E-state index in [1.807, 2.05) is 42.5 Å². The summed E-state index contributed by atoms with van der Waals surface area (Å²) in [5.74, 6) is 0. The number of benzene rings is 2. The topological polar surface area (TPSA) is 33.0 Å². The van der Waals surface area contributed by atoms with E-state index in [0.29, 0.717) is 5.02 Å². The van der Waals surface area contributed by atoms with E-state index in [9.17, 15) is 5.26 Å². The van der Waals surface area contributed by atoms with Crippen LogP contribution in [0.2, 0.25) is 23.2 Å². The van der Waals surface area contributed by atoms with Crippen molar-refractivity contribution in [2.45, 2.75) is 44.5 Å². The summed E-state index contributed by atoms with van der Waals surface area (Å²) in [6.07, 6.45) is 0. The van der Waals surface area contributed by atoms with Crippen LogP contribution in [-0.2, 0) is 10.0 Å². The Labute approximate surface area is 151 Å². The van der Waals surface area contributed by atoms with Gasteiger partial charge in [-0.3, -0.25) is 0 Å². The maximum Gasteiger partial charge on any atom is 0.196 e. The van der Waals surface area contributed by atoms with E-state index < -0.39 is 13.9 Å². The van der Waals surface area contributed by atoms with Gasteiger partial charge in [0.15, 0.2) is 13.9 Å². The number of nitrogens with zero attached hydrogens (tertiary/aromatic N) is 1. The molecule has 0 spiro atoms. The molecule has 2 rings (SSSR count). The molecule has 1 atom stereocenters. The summed E-state index contributed by atoms with van der Waals surface area (Å²) < 4.78 is 6.69. The third kappa shape index (κ3) is 3.56. The van der Waals surface area contributed by atoms with Crippen molar-refractivity contribution >= 4 is 19.9 Å². The second-order valence-electron chi connectivity index (χ2n) is 7.53. The Morgan fingerprint density at radius 2 is 1.42 bits per heavy atom. The molecule has 1 unspecified atom stereocenters. The summed E-state index contributed by atoms with van der Waals surface area (Å²) in [7, 11) is -2.20.